The maximum atomic E-state index is 9.79. The molecule has 0 aliphatic carbocycles. The molecule has 0 spiro atoms. The standard InChI is InChI=1S/C9H16O6/c1-9(2)14-7-5(12)6(4(11)3-10)13-8(7)15-9/h4-8,10-12H,3H2,1-2H3/t4-,5+,6-,7-,8-/m1/s1/i5+1,6+1,7+1,8+1. The van der Waals surface area contributed by atoms with Crippen molar-refractivity contribution < 1.29 is 29.5 Å². The summed E-state index contributed by atoms with van der Waals surface area (Å²) in [6, 6.07) is 0. The van der Waals surface area contributed by atoms with Gasteiger partial charge in [-0.05, 0) is 13.8 Å². The second-order valence-electron chi connectivity index (χ2n) is 4.31. The summed E-state index contributed by atoms with van der Waals surface area (Å²) in [4.78, 5) is 0. The lowest BCUT2D eigenvalue weighted by molar-refractivity contribution is -0.227. The zero-order valence-electron chi connectivity index (χ0n) is 8.66. The largest absolute Gasteiger partial charge is 0.394 e. The molecule has 0 aromatic heterocycles. The molecule has 5 atom stereocenters. The highest BCUT2D eigenvalue weighted by Gasteiger charge is 2.55. The van der Waals surface area contributed by atoms with Crippen molar-refractivity contribution in [3.63, 3.8) is 0 Å². The van der Waals surface area contributed by atoms with Gasteiger partial charge in [0, 0.05) is 0 Å². The van der Waals surface area contributed by atoms with E-state index in [9.17, 15) is 10.2 Å². The molecule has 2 saturated heterocycles. The maximum absolute atomic E-state index is 9.79. The first-order valence-corrected chi connectivity index (χ1v) is 4.93. The first kappa shape index (κ1) is 11.3. The maximum Gasteiger partial charge on any atom is 0.190 e. The lowest BCUT2D eigenvalue weighted by Crippen LogP contribution is -2.42. The van der Waals surface area contributed by atoms with Crippen molar-refractivity contribution in [3.05, 3.63) is 0 Å². The predicted octanol–water partition coefficient (Wildman–Crippen LogP) is -1.42. The molecule has 0 saturated carbocycles. The van der Waals surface area contributed by atoms with Gasteiger partial charge in [-0.15, -0.1) is 0 Å². The molecule has 2 heterocycles. The second-order valence-corrected chi connectivity index (χ2v) is 4.31. The van der Waals surface area contributed by atoms with E-state index in [-0.39, 0.29) is 0 Å². The average molecular weight is 224 g/mol. The minimum Gasteiger partial charge on any atom is -0.394 e. The van der Waals surface area contributed by atoms with E-state index < -0.39 is 43.1 Å². The van der Waals surface area contributed by atoms with Crippen LogP contribution in [0.1, 0.15) is 13.8 Å². The van der Waals surface area contributed by atoms with Crippen LogP contribution in [-0.2, 0) is 14.2 Å². The minimum absolute atomic E-state index is 0.468. The molecule has 0 unspecified atom stereocenters. The number of fused-ring (bicyclic) bond motifs is 1. The number of hydrogen-bond donors (Lipinski definition) is 3. The number of aliphatic hydroxyl groups is 3. The van der Waals surface area contributed by atoms with Gasteiger partial charge < -0.3 is 29.5 Å². The van der Waals surface area contributed by atoms with E-state index in [1.54, 1.807) is 13.8 Å². The lowest BCUT2D eigenvalue weighted by atomic mass is 10.4. The van der Waals surface area contributed by atoms with Crippen molar-refractivity contribution in [2.45, 2.75) is 50.3 Å². The number of rotatable bonds is 2. The Morgan fingerprint density at radius 3 is 2.53 bits per heavy atom. The first-order valence-electron chi connectivity index (χ1n) is 4.93. The van der Waals surface area contributed by atoms with E-state index in [0.717, 1.165) is 0 Å². The van der Waals surface area contributed by atoms with Crippen LogP contribution >= 0.6 is 0 Å². The summed E-state index contributed by atoms with van der Waals surface area (Å²) in [6.07, 6.45) is -4.26. The summed E-state index contributed by atoms with van der Waals surface area (Å²) in [5, 5.41) is 27.9. The number of aliphatic hydroxyl groups excluding tert-OH is 3. The first-order chi connectivity index (χ1) is 6.94. The van der Waals surface area contributed by atoms with Crippen LogP contribution in [0.25, 0.3) is 0 Å². The van der Waals surface area contributed by atoms with Crippen molar-refractivity contribution in [2.24, 2.45) is 0 Å². The Balaban J connectivity index is 2.05. The zero-order valence-corrected chi connectivity index (χ0v) is 8.66. The molecule has 0 bridgehead atoms. The van der Waals surface area contributed by atoms with Crippen LogP contribution in [0.2, 0.25) is 0 Å². The van der Waals surface area contributed by atoms with Crippen molar-refractivity contribution in [3.8, 4) is 0 Å². The highest BCUT2D eigenvalue weighted by Crippen LogP contribution is 2.38. The fourth-order valence-electron chi connectivity index (χ4n) is 1.94. The van der Waals surface area contributed by atoms with Crippen molar-refractivity contribution >= 4 is 0 Å². The molecule has 6 nitrogen and oxygen atoms in total. The Labute approximate surface area is 87.4 Å². The van der Waals surface area contributed by atoms with Crippen LogP contribution in [0.4, 0.5) is 0 Å². The molecule has 2 aliphatic rings. The molecule has 15 heavy (non-hydrogen) atoms. The van der Waals surface area contributed by atoms with Gasteiger partial charge in [-0.25, -0.2) is 0 Å². The van der Waals surface area contributed by atoms with Crippen LogP contribution in [0, 0.1) is 0 Å². The molecule has 2 rings (SSSR count). The minimum atomic E-state index is -1.12. The zero-order chi connectivity index (χ0) is 11.2. The molecule has 0 aromatic rings. The topological polar surface area (TPSA) is 88.4 Å². The fourth-order valence-corrected chi connectivity index (χ4v) is 1.94. The van der Waals surface area contributed by atoms with Crippen LogP contribution in [-0.4, -0.2) is 58.4 Å². The van der Waals surface area contributed by atoms with Gasteiger partial charge in [0.1, 0.15) is 24.4 Å². The van der Waals surface area contributed by atoms with Gasteiger partial charge in [0.25, 0.3) is 0 Å². The van der Waals surface area contributed by atoms with Crippen molar-refractivity contribution in [2.75, 3.05) is 6.61 Å². The Hall–Kier alpha value is -0.240. The fraction of sp³-hybridized carbons (Fsp3) is 1.00. The van der Waals surface area contributed by atoms with Gasteiger partial charge in [-0.2, -0.15) is 0 Å². The van der Waals surface area contributed by atoms with Gasteiger partial charge in [-0.3, -0.25) is 0 Å². The van der Waals surface area contributed by atoms with Crippen LogP contribution in [0.3, 0.4) is 0 Å². The number of hydrogen-bond acceptors (Lipinski definition) is 6. The van der Waals surface area contributed by atoms with Gasteiger partial charge in [0.15, 0.2) is 12.1 Å². The molecule has 6 heteroatoms. The Kier molecular flexibility index (Phi) is 2.74. The van der Waals surface area contributed by atoms with Crippen molar-refractivity contribution in [1.82, 2.24) is 0 Å². The van der Waals surface area contributed by atoms with E-state index in [0.29, 0.717) is 0 Å². The Morgan fingerprint density at radius 2 is 2.00 bits per heavy atom. The monoisotopic (exact) mass is 224 g/mol. The van der Waals surface area contributed by atoms with Gasteiger partial charge in [0.05, 0.1) is 6.61 Å². The quantitative estimate of drug-likeness (QED) is 0.499. The van der Waals surface area contributed by atoms with Gasteiger partial charge >= 0.3 is 0 Å². The molecule has 0 aromatic carbocycles. The molecule has 3 N–H and O–H groups in total. The molecule has 2 fully saturated rings. The normalized spacial score (nSPS) is 45.4. The van der Waals surface area contributed by atoms with E-state index in [4.69, 9.17) is 19.3 Å². The summed E-state index contributed by atoms with van der Waals surface area (Å²) in [5.41, 5.74) is 0. The number of ether oxygens (including phenoxy) is 3. The SMILES string of the molecule is CC1(C)O[13C@H]2O[13C@H]([C@H](O)CO)[13C@H](O)[13C@H]2O1. The van der Waals surface area contributed by atoms with E-state index >= 15 is 0 Å². The van der Waals surface area contributed by atoms with Crippen molar-refractivity contribution in [1.29, 1.82) is 0 Å². The lowest BCUT2D eigenvalue weighted by Gasteiger charge is -2.24. The van der Waals surface area contributed by atoms with Crippen LogP contribution in [0.5, 0.6) is 0 Å². The Morgan fingerprint density at radius 1 is 1.33 bits per heavy atom. The van der Waals surface area contributed by atoms with E-state index in [1.807, 2.05) is 0 Å². The summed E-state index contributed by atoms with van der Waals surface area (Å²) in [6.45, 7) is 2.97. The van der Waals surface area contributed by atoms with Gasteiger partial charge in [-0.1, -0.05) is 0 Å². The molecule has 88 valence electrons. The third-order valence-electron chi connectivity index (χ3n) is 2.62. The Bertz CT molecular complexity index is 243. The summed E-state index contributed by atoms with van der Waals surface area (Å²) in [7, 11) is 0. The summed E-state index contributed by atoms with van der Waals surface area (Å²) >= 11 is 0. The molecular formula is C9H16O6. The third-order valence-corrected chi connectivity index (χ3v) is 2.62. The smallest absolute Gasteiger partial charge is 0.190 e. The molecule has 2 aliphatic heterocycles. The average Bonchev–Trinajstić information content (AvgIpc) is 2.60. The molecule has 0 radical (unpaired) electrons. The van der Waals surface area contributed by atoms with Crippen LogP contribution in [0.15, 0.2) is 0 Å². The third kappa shape index (κ3) is 1.89. The highest BCUT2D eigenvalue weighted by atomic mass is 17.0. The van der Waals surface area contributed by atoms with E-state index in [2.05, 4.69) is 0 Å². The molecule has 0 amide bonds. The van der Waals surface area contributed by atoms with Crippen LogP contribution < -0.4 is 0 Å². The van der Waals surface area contributed by atoms with Gasteiger partial charge in [0.2, 0.25) is 0 Å². The molecular weight excluding hydrogens is 208 g/mol. The summed E-state index contributed by atoms with van der Waals surface area (Å²) in [5.74, 6) is -0.786. The summed E-state index contributed by atoms with van der Waals surface area (Å²) < 4.78 is 16.1. The second kappa shape index (κ2) is 3.65. The predicted molar refractivity (Wildman–Crippen MR) is 47.8 cm³/mol. The highest BCUT2D eigenvalue weighted by molar-refractivity contribution is 4.95. The van der Waals surface area contributed by atoms with E-state index in [1.165, 1.54) is 0 Å².